The first kappa shape index (κ1) is 12.5. The number of sulfonamides is 1. The van der Waals surface area contributed by atoms with Crippen molar-refractivity contribution in [1.82, 2.24) is 14.1 Å². The minimum atomic E-state index is -3.59. The first-order chi connectivity index (χ1) is 7.91. The second kappa shape index (κ2) is 4.38. The van der Waals surface area contributed by atoms with E-state index in [0.29, 0.717) is 13.0 Å². The number of hydrogen-bond donors (Lipinski definition) is 0. The predicted octanol–water partition coefficient (Wildman–Crippen LogP) is 0.789. The molecule has 1 aliphatic heterocycles. The average Bonchev–Trinajstić information content (AvgIpc) is 2.69. The summed E-state index contributed by atoms with van der Waals surface area (Å²) in [5, 5.41) is 3.83. The number of halogens is 1. The van der Waals surface area contributed by atoms with Gasteiger partial charge >= 0.3 is 0 Å². The lowest BCUT2D eigenvalue weighted by Gasteiger charge is -2.31. The molecule has 0 unspecified atom stereocenters. The van der Waals surface area contributed by atoms with Gasteiger partial charge in [-0.1, -0.05) is 6.92 Å². The van der Waals surface area contributed by atoms with Crippen LogP contribution in [0.3, 0.4) is 0 Å². The fourth-order valence-electron chi connectivity index (χ4n) is 1.89. The Hall–Kier alpha value is -0.950. The van der Waals surface area contributed by atoms with Gasteiger partial charge in [0.05, 0.1) is 6.20 Å². The molecule has 17 heavy (non-hydrogen) atoms. The van der Waals surface area contributed by atoms with E-state index < -0.39 is 16.2 Å². The summed E-state index contributed by atoms with van der Waals surface area (Å²) in [6.07, 6.45) is 2.19. The van der Waals surface area contributed by atoms with Crippen LogP contribution in [0.25, 0.3) is 0 Å². The van der Waals surface area contributed by atoms with Crippen molar-refractivity contribution in [2.45, 2.75) is 24.4 Å². The maximum Gasteiger partial charge on any atom is 0.246 e. The SMILES string of the molecule is C[C@@H]1CCN(S(=O)(=O)c2cnn(C)c2)C[C@@H]1F. The number of nitrogens with zero attached hydrogens (tertiary/aromatic N) is 3. The highest BCUT2D eigenvalue weighted by molar-refractivity contribution is 7.89. The van der Waals surface area contributed by atoms with Gasteiger partial charge in [-0.25, -0.2) is 12.8 Å². The van der Waals surface area contributed by atoms with Crippen molar-refractivity contribution in [3.05, 3.63) is 12.4 Å². The lowest BCUT2D eigenvalue weighted by atomic mass is 9.99. The number of rotatable bonds is 2. The molecule has 0 aliphatic carbocycles. The van der Waals surface area contributed by atoms with Gasteiger partial charge in [0, 0.05) is 26.3 Å². The van der Waals surface area contributed by atoms with Crippen molar-refractivity contribution in [2.75, 3.05) is 13.1 Å². The average molecular weight is 261 g/mol. The van der Waals surface area contributed by atoms with Gasteiger partial charge in [0.25, 0.3) is 0 Å². The summed E-state index contributed by atoms with van der Waals surface area (Å²) in [6.45, 7) is 2.12. The van der Waals surface area contributed by atoms with E-state index in [9.17, 15) is 12.8 Å². The highest BCUT2D eigenvalue weighted by Gasteiger charge is 2.34. The maximum absolute atomic E-state index is 13.6. The number of aromatic nitrogens is 2. The first-order valence-electron chi connectivity index (χ1n) is 5.54. The van der Waals surface area contributed by atoms with Gasteiger partial charge in [-0.3, -0.25) is 4.68 Å². The Balaban J connectivity index is 2.22. The number of alkyl halides is 1. The van der Waals surface area contributed by atoms with Crippen LogP contribution in [-0.2, 0) is 17.1 Å². The van der Waals surface area contributed by atoms with Crippen molar-refractivity contribution in [1.29, 1.82) is 0 Å². The van der Waals surface area contributed by atoms with E-state index in [1.54, 1.807) is 14.0 Å². The Morgan fingerprint density at radius 1 is 1.53 bits per heavy atom. The molecule has 1 saturated heterocycles. The van der Waals surface area contributed by atoms with Crippen LogP contribution in [0.1, 0.15) is 13.3 Å². The summed E-state index contributed by atoms with van der Waals surface area (Å²) in [7, 11) is -1.94. The Morgan fingerprint density at radius 2 is 2.24 bits per heavy atom. The van der Waals surface area contributed by atoms with Crippen molar-refractivity contribution in [3.8, 4) is 0 Å². The zero-order chi connectivity index (χ0) is 12.6. The molecule has 0 aromatic carbocycles. The van der Waals surface area contributed by atoms with Crippen LogP contribution in [0.15, 0.2) is 17.3 Å². The zero-order valence-electron chi connectivity index (χ0n) is 9.88. The summed E-state index contributed by atoms with van der Waals surface area (Å²) >= 11 is 0. The lowest BCUT2D eigenvalue weighted by Crippen LogP contribution is -2.44. The van der Waals surface area contributed by atoms with Crippen molar-refractivity contribution in [2.24, 2.45) is 13.0 Å². The molecule has 0 spiro atoms. The minimum Gasteiger partial charge on any atom is -0.274 e. The molecule has 1 aromatic heterocycles. The second-order valence-corrected chi connectivity index (χ2v) is 6.43. The topological polar surface area (TPSA) is 55.2 Å². The molecule has 2 heterocycles. The number of piperidine rings is 1. The van der Waals surface area contributed by atoms with Crippen LogP contribution in [0, 0.1) is 5.92 Å². The van der Waals surface area contributed by atoms with E-state index in [2.05, 4.69) is 5.10 Å². The fourth-order valence-corrected chi connectivity index (χ4v) is 3.34. The monoisotopic (exact) mass is 261 g/mol. The summed E-state index contributed by atoms with van der Waals surface area (Å²) in [4.78, 5) is 0.127. The predicted molar refractivity (Wildman–Crippen MR) is 60.6 cm³/mol. The third kappa shape index (κ3) is 2.35. The van der Waals surface area contributed by atoms with Gasteiger partial charge in [-0.2, -0.15) is 9.40 Å². The molecule has 7 heteroatoms. The molecular weight excluding hydrogens is 245 g/mol. The second-order valence-electron chi connectivity index (χ2n) is 4.49. The first-order valence-corrected chi connectivity index (χ1v) is 6.98. The smallest absolute Gasteiger partial charge is 0.246 e. The Morgan fingerprint density at radius 3 is 2.76 bits per heavy atom. The van der Waals surface area contributed by atoms with Crippen molar-refractivity contribution in [3.63, 3.8) is 0 Å². The van der Waals surface area contributed by atoms with Gasteiger partial charge in [0.2, 0.25) is 10.0 Å². The van der Waals surface area contributed by atoms with Crippen LogP contribution in [0.4, 0.5) is 4.39 Å². The molecule has 5 nitrogen and oxygen atoms in total. The molecule has 0 radical (unpaired) electrons. The summed E-state index contributed by atoms with van der Waals surface area (Å²) < 4.78 is 40.5. The molecule has 96 valence electrons. The van der Waals surface area contributed by atoms with Crippen LogP contribution in [0.5, 0.6) is 0 Å². The van der Waals surface area contributed by atoms with Gasteiger partial charge < -0.3 is 0 Å². The Bertz CT molecular complexity index is 499. The number of aryl methyl sites for hydroxylation is 1. The molecule has 0 amide bonds. The molecule has 2 atom stereocenters. The molecule has 1 fully saturated rings. The van der Waals surface area contributed by atoms with E-state index in [1.807, 2.05) is 0 Å². The van der Waals surface area contributed by atoms with Crippen LogP contribution < -0.4 is 0 Å². The van der Waals surface area contributed by atoms with Gasteiger partial charge in [-0.05, 0) is 12.3 Å². The normalized spacial score (nSPS) is 27.2. The summed E-state index contributed by atoms with van der Waals surface area (Å²) in [5.74, 6) is -0.0738. The largest absolute Gasteiger partial charge is 0.274 e. The quantitative estimate of drug-likeness (QED) is 0.791. The van der Waals surface area contributed by atoms with E-state index in [1.165, 1.54) is 21.4 Å². The maximum atomic E-state index is 13.6. The van der Waals surface area contributed by atoms with Crippen LogP contribution in [-0.4, -0.2) is 41.8 Å². The van der Waals surface area contributed by atoms with E-state index in [0.717, 1.165) is 0 Å². The van der Waals surface area contributed by atoms with Gasteiger partial charge in [-0.15, -0.1) is 0 Å². The van der Waals surface area contributed by atoms with E-state index in [4.69, 9.17) is 0 Å². The molecule has 0 bridgehead atoms. The van der Waals surface area contributed by atoms with E-state index in [-0.39, 0.29) is 17.4 Å². The Kier molecular flexibility index (Phi) is 3.22. The highest BCUT2D eigenvalue weighted by Crippen LogP contribution is 2.25. The van der Waals surface area contributed by atoms with Crippen molar-refractivity contribution >= 4 is 10.0 Å². The van der Waals surface area contributed by atoms with E-state index >= 15 is 0 Å². The van der Waals surface area contributed by atoms with Crippen LogP contribution in [0.2, 0.25) is 0 Å². The number of hydrogen-bond acceptors (Lipinski definition) is 3. The standard InChI is InChI=1S/C10H16FN3O2S/c1-8-3-4-14(7-10(8)11)17(15,16)9-5-12-13(2)6-9/h5-6,8,10H,3-4,7H2,1-2H3/t8-,10+/m1/s1. The molecule has 1 aliphatic rings. The van der Waals surface area contributed by atoms with Crippen molar-refractivity contribution < 1.29 is 12.8 Å². The molecular formula is C10H16FN3O2S. The molecule has 1 aromatic rings. The minimum absolute atomic E-state index is 0.0571. The van der Waals surface area contributed by atoms with Gasteiger partial charge in [0.1, 0.15) is 11.1 Å². The van der Waals surface area contributed by atoms with Gasteiger partial charge in [0.15, 0.2) is 0 Å². The molecule has 0 N–H and O–H groups in total. The summed E-state index contributed by atoms with van der Waals surface area (Å²) in [6, 6.07) is 0. The highest BCUT2D eigenvalue weighted by atomic mass is 32.2. The summed E-state index contributed by atoms with van der Waals surface area (Å²) in [5.41, 5.74) is 0. The molecule has 2 rings (SSSR count). The molecule has 0 saturated carbocycles. The van der Waals surface area contributed by atoms with Crippen LogP contribution >= 0.6 is 0 Å². The third-order valence-electron chi connectivity index (χ3n) is 3.15. The Labute approximate surface area is 100 Å². The third-order valence-corrected chi connectivity index (χ3v) is 4.97. The fraction of sp³-hybridized carbons (Fsp3) is 0.700. The lowest BCUT2D eigenvalue weighted by molar-refractivity contribution is 0.144. The zero-order valence-corrected chi connectivity index (χ0v) is 10.7.